The van der Waals surface area contributed by atoms with Crippen LogP contribution in [-0.2, 0) is 0 Å². The standard InChI is InChI=1S/C18H18O3S/c1-12-3-4-14(9-13(12)2)16(19)11-22-15-5-6-17-18(10-15)21-8-7-20-17/h3-6,9-10H,7-8,11H2,1-2H3. The first-order valence-corrected chi connectivity index (χ1v) is 8.25. The Hall–Kier alpha value is -1.94. The molecule has 0 saturated heterocycles. The van der Waals surface area contributed by atoms with Crippen LogP contribution in [0.25, 0.3) is 0 Å². The van der Waals surface area contributed by atoms with Gasteiger partial charge in [-0.3, -0.25) is 4.79 Å². The summed E-state index contributed by atoms with van der Waals surface area (Å²) in [5, 5.41) is 0. The highest BCUT2D eigenvalue weighted by Crippen LogP contribution is 2.34. The van der Waals surface area contributed by atoms with Crippen molar-refractivity contribution in [1.82, 2.24) is 0 Å². The van der Waals surface area contributed by atoms with Crippen LogP contribution in [0.1, 0.15) is 21.5 Å². The molecule has 1 heterocycles. The average molecular weight is 314 g/mol. The molecule has 0 saturated carbocycles. The van der Waals surface area contributed by atoms with E-state index in [9.17, 15) is 4.79 Å². The largest absolute Gasteiger partial charge is 0.486 e. The molecule has 114 valence electrons. The fraction of sp³-hybridized carbons (Fsp3) is 0.278. The maximum absolute atomic E-state index is 12.3. The SMILES string of the molecule is Cc1ccc(C(=O)CSc2ccc3c(c2)OCCO3)cc1C. The molecule has 3 rings (SSSR count). The molecular weight excluding hydrogens is 296 g/mol. The summed E-state index contributed by atoms with van der Waals surface area (Å²) in [6, 6.07) is 11.7. The van der Waals surface area contributed by atoms with Gasteiger partial charge in [-0.15, -0.1) is 11.8 Å². The summed E-state index contributed by atoms with van der Waals surface area (Å²) >= 11 is 1.52. The van der Waals surface area contributed by atoms with E-state index in [1.165, 1.54) is 17.3 Å². The lowest BCUT2D eigenvalue weighted by atomic mass is 10.0. The predicted molar refractivity (Wildman–Crippen MR) is 88.4 cm³/mol. The fourth-order valence-electron chi connectivity index (χ4n) is 2.26. The van der Waals surface area contributed by atoms with E-state index in [4.69, 9.17) is 9.47 Å². The second-order valence-corrected chi connectivity index (χ2v) is 6.37. The lowest BCUT2D eigenvalue weighted by Gasteiger charge is -2.18. The van der Waals surface area contributed by atoms with E-state index in [0.29, 0.717) is 19.0 Å². The molecule has 2 aromatic rings. The van der Waals surface area contributed by atoms with E-state index in [1.807, 2.05) is 50.2 Å². The molecule has 0 spiro atoms. The number of ketones is 1. The Morgan fingerprint density at radius 3 is 2.55 bits per heavy atom. The normalized spacial score (nSPS) is 13.0. The monoisotopic (exact) mass is 314 g/mol. The molecule has 3 nitrogen and oxygen atoms in total. The van der Waals surface area contributed by atoms with Gasteiger partial charge >= 0.3 is 0 Å². The number of thioether (sulfide) groups is 1. The number of ether oxygens (including phenoxy) is 2. The maximum Gasteiger partial charge on any atom is 0.173 e. The molecule has 0 aromatic heterocycles. The van der Waals surface area contributed by atoms with Gasteiger partial charge in [0, 0.05) is 10.5 Å². The minimum Gasteiger partial charge on any atom is -0.486 e. The number of hydrogen-bond donors (Lipinski definition) is 0. The Kier molecular flexibility index (Phi) is 4.39. The molecule has 1 aliphatic rings. The van der Waals surface area contributed by atoms with Crippen LogP contribution in [-0.4, -0.2) is 24.7 Å². The highest BCUT2D eigenvalue weighted by molar-refractivity contribution is 8.00. The molecular formula is C18H18O3S. The van der Waals surface area contributed by atoms with Gasteiger partial charge in [-0.05, 0) is 49.2 Å². The molecule has 22 heavy (non-hydrogen) atoms. The van der Waals surface area contributed by atoms with Gasteiger partial charge in [0.1, 0.15) is 13.2 Å². The third kappa shape index (κ3) is 3.28. The third-order valence-electron chi connectivity index (χ3n) is 3.71. The van der Waals surface area contributed by atoms with Crippen molar-refractivity contribution in [2.24, 2.45) is 0 Å². The Morgan fingerprint density at radius 1 is 1.00 bits per heavy atom. The van der Waals surface area contributed by atoms with E-state index in [0.717, 1.165) is 27.5 Å². The van der Waals surface area contributed by atoms with Gasteiger partial charge in [0.25, 0.3) is 0 Å². The van der Waals surface area contributed by atoms with Crippen molar-refractivity contribution in [3.8, 4) is 11.5 Å². The smallest absolute Gasteiger partial charge is 0.173 e. The number of carbonyl (C=O) groups is 1. The molecule has 0 atom stereocenters. The second-order valence-electron chi connectivity index (χ2n) is 5.32. The number of benzene rings is 2. The van der Waals surface area contributed by atoms with Gasteiger partial charge in [0.2, 0.25) is 0 Å². The summed E-state index contributed by atoms with van der Waals surface area (Å²) < 4.78 is 11.1. The highest BCUT2D eigenvalue weighted by Gasteiger charge is 2.13. The number of carbonyl (C=O) groups excluding carboxylic acids is 1. The predicted octanol–water partition coefficient (Wildman–Crippen LogP) is 4.05. The van der Waals surface area contributed by atoms with Gasteiger partial charge in [-0.25, -0.2) is 0 Å². The molecule has 0 fully saturated rings. The molecule has 1 aliphatic heterocycles. The number of fused-ring (bicyclic) bond motifs is 1. The van der Waals surface area contributed by atoms with Crippen LogP contribution in [0.2, 0.25) is 0 Å². The highest BCUT2D eigenvalue weighted by atomic mass is 32.2. The molecule has 0 amide bonds. The first-order valence-electron chi connectivity index (χ1n) is 7.26. The Bertz CT molecular complexity index is 709. The summed E-state index contributed by atoms with van der Waals surface area (Å²) in [5.41, 5.74) is 3.12. The minimum absolute atomic E-state index is 0.142. The van der Waals surface area contributed by atoms with Crippen molar-refractivity contribution in [1.29, 1.82) is 0 Å². The Morgan fingerprint density at radius 2 is 1.77 bits per heavy atom. The lowest BCUT2D eigenvalue weighted by molar-refractivity contribution is 0.102. The van der Waals surface area contributed by atoms with Crippen LogP contribution in [0.4, 0.5) is 0 Å². The van der Waals surface area contributed by atoms with Gasteiger partial charge in [0.05, 0.1) is 5.75 Å². The molecule has 0 radical (unpaired) electrons. The van der Waals surface area contributed by atoms with E-state index in [2.05, 4.69) is 0 Å². The van der Waals surface area contributed by atoms with Gasteiger partial charge < -0.3 is 9.47 Å². The molecule has 0 N–H and O–H groups in total. The number of hydrogen-bond acceptors (Lipinski definition) is 4. The number of Topliss-reactive ketones (excluding diaryl/α,β-unsaturated/α-hetero) is 1. The second kappa shape index (κ2) is 6.44. The Labute approximate surface area is 134 Å². The zero-order valence-electron chi connectivity index (χ0n) is 12.7. The van der Waals surface area contributed by atoms with Crippen molar-refractivity contribution in [2.75, 3.05) is 19.0 Å². The van der Waals surface area contributed by atoms with Gasteiger partial charge in [0.15, 0.2) is 17.3 Å². The topological polar surface area (TPSA) is 35.5 Å². The van der Waals surface area contributed by atoms with E-state index in [-0.39, 0.29) is 5.78 Å². The van der Waals surface area contributed by atoms with Crippen molar-refractivity contribution in [2.45, 2.75) is 18.7 Å². The van der Waals surface area contributed by atoms with Crippen LogP contribution >= 0.6 is 11.8 Å². The van der Waals surface area contributed by atoms with Crippen LogP contribution in [0.15, 0.2) is 41.3 Å². The first-order chi connectivity index (χ1) is 10.6. The molecule has 0 unspecified atom stereocenters. The summed E-state index contributed by atoms with van der Waals surface area (Å²) in [6.07, 6.45) is 0. The van der Waals surface area contributed by atoms with Crippen molar-refractivity contribution >= 4 is 17.5 Å². The number of aryl methyl sites for hydroxylation is 2. The fourth-order valence-corrected chi connectivity index (χ4v) is 3.08. The molecule has 0 bridgehead atoms. The molecule has 2 aromatic carbocycles. The molecule has 4 heteroatoms. The van der Waals surface area contributed by atoms with Crippen LogP contribution in [0.3, 0.4) is 0 Å². The number of rotatable bonds is 4. The van der Waals surface area contributed by atoms with Crippen LogP contribution < -0.4 is 9.47 Å². The van der Waals surface area contributed by atoms with Crippen LogP contribution in [0, 0.1) is 13.8 Å². The zero-order chi connectivity index (χ0) is 15.5. The van der Waals surface area contributed by atoms with Gasteiger partial charge in [-0.1, -0.05) is 12.1 Å². The first kappa shape index (κ1) is 15.0. The third-order valence-corrected chi connectivity index (χ3v) is 4.71. The Balaban J connectivity index is 1.66. The van der Waals surface area contributed by atoms with E-state index < -0.39 is 0 Å². The van der Waals surface area contributed by atoms with Crippen LogP contribution in [0.5, 0.6) is 11.5 Å². The zero-order valence-corrected chi connectivity index (χ0v) is 13.5. The quantitative estimate of drug-likeness (QED) is 0.630. The van der Waals surface area contributed by atoms with Crippen molar-refractivity contribution in [3.63, 3.8) is 0 Å². The van der Waals surface area contributed by atoms with Crippen molar-refractivity contribution < 1.29 is 14.3 Å². The van der Waals surface area contributed by atoms with Gasteiger partial charge in [-0.2, -0.15) is 0 Å². The summed E-state index contributed by atoms with van der Waals surface area (Å²) in [4.78, 5) is 13.3. The molecule has 0 aliphatic carbocycles. The minimum atomic E-state index is 0.142. The summed E-state index contributed by atoms with van der Waals surface area (Å²) in [6.45, 7) is 5.24. The summed E-state index contributed by atoms with van der Waals surface area (Å²) in [7, 11) is 0. The van der Waals surface area contributed by atoms with E-state index >= 15 is 0 Å². The lowest BCUT2D eigenvalue weighted by Crippen LogP contribution is -2.15. The summed E-state index contributed by atoms with van der Waals surface area (Å²) in [5.74, 6) is 2.09. The maximum atomic E-state index is 12.3. The van der Waals surface area contributed by atoms with E-state index in [1.54, 1.807) is 0 Å². The average Bonchev–Trinajstić information content (AvgIpc) is 2.55. The van der Waals surface area contributed by atoms with Crippen molar-refractivity contribution in [3.05, 3.63) is 53.1 Å².